The Labute approximate surface area is 80.7 Å². The van der Waals surface area contributed by atoms with Crippen LogP contribution in [0.3, 0.4) is 0 Å². The van der Waals surface area contributed by atoms with Crippen LogP contribution < -0.4 is 5.32 Å². The molecule has 1 atom stereocenters. The minimum Gasteiger partial charge on any atom is -0.316 e. The van der Waals surface area contributed by atoms with E-state index in [4.69, 9.17) is 0 Å². The van der Waals surface area contributed by atoms with Crippen LogP contribution in [-0.4, -0.2) is 24.6 Å². The second-order valence-electron chi connectivity index (χ2n) is 2.61. The van der Waals surface area contributed by atoms with Crippen LogP contribution >= 0.6 is 11.8 Å². The summed E-state index contributed by atoms with van der Waals surface area (Å²) in [6.45, 7) is 4.10. The van der Waals surface area contributed by atoms with Crippen molar-refractivity contribution in [3.05, 3.63) is 0 Å². The topological polar surface area (TPSA) is 12.0 Å². The maximum Gasteiger partial charge on any atom is 0.0164 e. The Bertz CT molecular complexity index is 146. The highest BCUT2D eigenvalue weighted by Crippen LogP contribution is 2.05. The first-order chi connectivity index (χ1) is 5.85. The molecule has 12 heavy (non-hydrogen) atoms. The predicted octanol–water partition coefficient (Wildman–Crippen LogP) is 2.13. The summed E-state index contributed by atoms with van der Waals surface area (Å²) in [6, 6.07) is 0.635. The maximum atomic E-state index is 3.31. The molecule has 1 N–H and O–H groups in total. The fourth-order valence-electron chi connectivity index (χ4n) is 0.943. The van der Waals surface area contributed by atoms with Gasteiger partial charge in [0.05, 0.1) is 0 Å². The minimum atomic E-state index is 0.635. The Hall–Kier alpha value is -0.130. The molecule has 0 aliphatic carbocycles. The lowest BCUT2D eigenvalue weighted by molar-refractivity contribution is 0.582. The standard InChI is InChI=1S/C10H19NS/c1-4-6-7-8-10(11-3)9-12-5-2/h10-11H,5,7-9H2,1-3H3. The van der Waals surface area contributed by atoms with E-state index in [2.05, 4.69) is 24.1 Å². The molecule has 70 valence electrons. The van der Waals surface area contributed by atoms with Crippen molar-refractivity contribution in [2.75, 3.05) is 18.6 Å². The Balaban J connectivity index is 3.43. The van der Waals surface area contributed by atoms with Gasteiger partial charge in [-0.15, -0.1) is 11.8 Å². The van der Waals surface area contributed by atoms with Crippen molar-refractivity contribution in [2.45, 2.75) is 32.7 Å². The average molecular weight is 185 g/mol. The third-order valence-corrected chi connectivity index (χ3v) is 2.77. The van der Waals surface area contributed by atoms with Gasteiger partial charge in [-0.2, -0.15) is 11.8 Å². The molecular weight excluding hydrogens is 166 g/mol. The molecule has 0 radical (unpaired) electrons. The summed E-state index contributed by atoms with van der Waals surface area (Å²) in [7, 11) is 2.03. The van der Waals surface area contributed by atoms with E-state index in [1.165, 1.54) is 17.9 Å². The molecule has 0 heterocycles. The Morgan fingerprint density at radius 2 is 2.25 bits per heavy atom. The summed E-state index contributed by atoms with van der Waals surface area (Å²) in [6.07, 6.45) is 2.19. The van der Waals surface area contributed by atoms with Gasteiger partial charge in [0.25, 0.3) is 0 Å². The predicted molar refractivity (Wildman–Crippen MR) is 58.5 cm³/mol. The Kier molecular flexibility index (Phi) is 8.86. The van der Waals surface area contributed by atoms with Gasteiger partial charge in [-0.1, -0.05) is 6.92 Å². The number of hydrogen-bond acceptors (Lipinski definition) is 2. The number of thioether (sulfide) groups is 1. The van der Waals surface area contributed by atoms with E-state index in [0.717, 1.165) is 6.42 Å². The molecule has 0 aromatic heterocycles. The van der Waals surface area contributed by atoms with Crippen LogP contribution in [0, 0.1) is 11.8 Å². The summed E-state index contributed by atoms with van der Waals surface area (Å²) in [4.78, 5) is 0. The van der Waals surface area contributed by atoms with Crippen LogP contribution in [0.2, 0.25) is 0 Å². The van der Waals surface area contributed by atoms with Crippen molar-refractivity contribution in [3.63, 3.8) is 0 Å². The highest BCUT2D eigenvalue weighted by molar-refractivity contribution is 7.99. The number of nitrogens with one attached hydrogen (secondary N) is 1. The van der Waals surface area contributed by atoms with Gasteiger partial charge in [-0.3, -0.25) is 0 Å². The van der Waals surface area contributed by atoms with E-state index >= 15 is 0 Å². The van der Waals surface area contributed by atoms with Crippen molar-refractivity contribution >= 4 is 11.8 Å². The molecule has 0 spiro atoms. The molecule has 0 amide bonds. The van der Waals surface area contributed by atoms with Crippen molar-refractivity contribution in [3.8, 4) is 11.8 Å². The molecule has 0 saturated heterocycles. The Morgan fingerprint density at radius 1 is 1.50 bits per heavy atom. The average Bonchev–Trinajstić information content (AvgIpc) is 2.11. The fourth-order valence-corrected chi connectivity index (χ4v) is 1.80. The second kappa shape index (κ2) is 8.96. The first kappa shape index (κ1) is 11.9. The molecule has 0 saturated carbocycles. The van der Waals surface area contributed by atoms with Gasteiger partial charge in [0.1, 0.15) is 0 Å². The number of rotatable bonds is 6. The summed E-state index contributed by atoms with van der Waals surface area (Å²) < 4.78 is 0. The molecule has 2 heteroatoms. The van der Waals surface area contributed by atoms with E-state index in [0.29, 0.717) is 6.04 Å². The fraction of sp³-hybridized carbons (Fsp3) is 0.800. The van der Waals surface area contributed by atoms with Gasteiger partial charge in [0.15, 0.2) is 0 Å². The molecule has 1 unspecified atom stereocenters. The SMILES string of the molecule is CC#CCCC(CSCC)NC. The monoisotopic (exact) mass is 185 g/mol. The van der Waals surface area contributed by atoms with E-state index in [1.807, 2.05) is 25.7 Å². The number of hydrogen-bond donors (Lipinski definition) is 1. The van der Waals surface area contributed by atoms with Gasteiger partial charge in [-0.25, -0.2) is 0 Å². The quantitative estimate of drug-likeness (QED) is 0.636. The van der Waals surface area contributed by atoms with Crippen LogP contribution in [0.1, 0.15) is 26.7 Å². The zero-order chi connectivity index (χ0) is 9.23. The summed E-state index contributed by atoms with van der Waals surface area (Å²) in [5, 5.41) is 3.31. The van der Waals surface area contributed by atoms with E-state index in [9.17, 15) is 0 Å². The minimum absolute atomic E-state index is 0.635. The summed E-state index contributed by atoms with van der Waals surface area (Å²) in [5.74, 6) is 8.42. The first-order valence-electron chi connectivity index (χ1n) is 4.49. The third-order valence-electron chi connectivity index (χ3n) is 1.73. The Morgan fingerprint density at radius 3 is 2.75 bits per heavy atom. The van der Waals surface area contributed by atoms with Gasteiger partial charge in [-0.05, 0) is 26.1 Å². The van der Waals surface area contributed by atoms with Crippen LogP contribution in [0.4, 0.5) is 0 Å². The van der Waals surface area contributed by atoms with Crippen molar-refractivity contribution in [1.82, 2.24) is 5.32 Å². The second-order valence-corrected chi connectivity index (χ2v) is 3.93. The zero-order valence-electron chi connectivity index (χ0n) is 8.31. The highest BCUT2D eigenvalue weighted by atomic mass is 32.2. The first-order valence-corrected chi connectivity index (χ1v) is 5.65. The molecule has 0 aromatic carbocycles. The van der Waals surface area contributed by atoms with E-state index in [1.54, 1.807) is 0 Å². The van der Waals surface area contributed by atoms with Gasteiger partial charge in [0, 0.05) is 18.2 Å². The van der Waals surface area contributed by atoms with Gasteiger partial charge < -0.3 is 5.32 Å². The van der Waals surface area contributed by atoms with Crippen LogP contribution in [-0.2, 0) is 0 Å². The largest absolute Gasteiger partial charge is 0.316 e. The van der Waals surface area contributed by atoms with Crippen molar-refractivity contribution in [1.29, 1.82) is 0 Å². The third kappa shape index (κ3) is 6.57. The van der Waals surface area contributed by atoms with Gasteiger partial charge >= 0.3 is 0 Å². The lowest BCUT2D eigenvalue weighted by Gasteiger charge is -2.13. The molecule has 1 nitrogen and oxygen atoms in total. The maximum absolute atomic E-state index is 3.31. The van der Waals surface area contributed by atoms with Crippen LogP contribution in [0.5, 0.6) is 0 Å². The molecule has 0 aromatic rings. The highest BCUT2D eigenvalue weighted by Gasteiger charge is 2.03. The summed E-state index contributed by atoms with van der Waals surface area (Å²) in [5.41, 5.74) is 0. The normalized spacial score (nSPS) is 11.9. The zero-order valence-corrected chi connectivity index (χ0v) is 9.13. The van der Waals surface area contributed by atoms with E-state index in [-0.39, 0.29) is 0 Å². The van der Waals surface area contributed by atoms with Crippen molar-refractivity contribution in [2.24, 2.45) is 0 Å². The van der Waals surface area contributed by atoms with Crippen molar-refractivity contribution < 1.29 is 0 Å². The molecule has 0 aliphatic heterocycles. The molecular formula is C10H19NS. The van der Waals surface area contributed by atoms with Crippen LogP contribution in [0.25, 0.3) is 0 Å². The lowest BCUT2D eigenvalue weighted by atomic mass is 10.2. The molecule has 0 rings (SSSR count). The molecule has 0 bridgehead atoms. The summed E-state index contributed by atoms with van der Waals surface area (Å²) >= 11 is 1.99. The molecule has 0 fully saturated rings. The van der Waals surface area contributed by atoms with E-state index < -0.39 is 0 Å². The smallest absolute Gasteiger partial charge is 0.0164 e. The lowest BCUT2D eigenvalue weighted by Crippen LogP contribution is -2.27. The van der Waals surface area contributed by atoms with Crippen LogP contribution in [0.15, 0.2) is 0 Å². The molecule has 0 aliphatic rings. The van der Waals surface area contributed by atoms with Gasteiger partial charge in [0.2, 0.25) is 0 Å².